The third-order valence-electron chi connectivity index (χ3n) is 13.0. The van der Waals surface area contributed by atoms with E-state index in [-0.39, 0.29) is 0 Å². The van der Waals surface area contributed by atoms with Crippen molar-refractivity contribution in [3.05, 3.63) is 192 Å². The van der Waals surface area contributed by atoms with Crippen LogP contribution in [0.2, 0.25) is 0 Å². The van der Waals surface area contributed by atoms with Crippen LogP contribution in [0.5, 0.6) is 23.0 Å². The first kappa shape index (κ1) is 49.1. The largest absolute Gasteiger partial charge is 0.493 e. The maximum absolute atomic E-state index is 6.57. The number of benzene rings is 8. The van der Waals surface area contributed by atoms with Gasteiger partial charge in [0.2, 0.25) is 0 Å². The van der Waals surface area contributed by atoms with Crippen molar-refractivity contribution in [2.45, 2.75) is 79.1 Å². The third kappa shape index (κ3) is 12.1. The van der Waals surface area contributed by atoms with E-state index in [1.165, 1.54) is 0 Å². The van der Waals surface area contributed by atoms with Gasteiger partial charge in [-0.1, -0.05) is 150 Å². The first-order chi connectivity index (χ1) is 35.5. The van der Waals surface area contributed by atoms with Crippen LogP contribution in [0.25, 0.3) is 66.8 Å². The fourth-order valence-corrected chi connectivity index (χ4v) is 8.88. The SMILES string of the molecule is CCCCOc1ccc2cc1-c1cc(ccc1OCCCC)-c1cccc(c1)C#Cc1cccc(c1)-c1ccc(OCCCC)c(c1)-c1cc(ccc1OCCCC)-c1cccc(c1)C#Cc1cccc-2c1. The predicted octanol–water partition coefficient (Wildman–Crippen LogP) is 17.5. The van der Waals surface area contributed by atoms with Gasteiger partial charge in [-0.15, -0.1) is 0 Å². The lowest BCUT2D eigenvalue weighted by Crippen LogP contribution is -2.01. The lowest BCUT2D eigenvalue weighted by molar-refractivity contribution is 0.306. The number of fused-ring (bicyclic) bond motifs is 22. The summed E-state index contributed by atoms with van der Waals surface area (Å²) in [7, 11) is 0. The zero-order valence-corrected chi connectivity index (χ0v) is 42.3. The molecule has 0 aliphatic heterocycles. The predicted molar refractivity (Wildman–Crippen MR) is 299 cm³/mol. The zero-order valence-electron chi connectivity index (χ0n) is 42.3. The fourth-order valence-electron chi connectivity index (χ4n) is 8.88. The van der Waals surface area contributed by atoms with Crippen molar-refractivity contribution < 1.29 is 18.9 Å². The minimum absolute atomic E-state index is 0.631. The molecule has 0 fully saturated rings. The Labute approximate surface area is 428 Å². The number of ether oxygens (including phenoxy) is 4. The molecule has 1 aliphatic rings. The summed E-state index contributed by atoms with van der Waals surface area (Å²) < 4.78 is 26.3. The lowest BCUT2D eigenvalue weighted by atomic mass is 9.93. The van der Waals surface area contributed by atoms with Crippen molar-refractivity contribution in [2.24, 2.45) is 0 Å². The third-order valence-corrected chi connectivity index (χ3v) is 13.0. The van der Waals surface area contributed by atoms with Crippen LogP contribution in [-0.2, 0) is 0 Å². The zero-order chi connectivity index (χ0) is 49.5. The van der Waals surface area contributed by atoms with Crippen molar-refractivity contribution in [1.29, 1.82) is 0 Å². The van der Waals surface area contributed by atoms with Crippen LogP contribution in [0.4, 0.5) is 0 Å². The highest BCUT2D eigenvalue weighted by Gasteiger charge is 2.19. The summed E-state index contributed by atoms with van der Waals surface area (Å²) in [6.07, 6.45) is 8.04. The second-order valence-corrected chi connectivity index (χ2v) is 18.5. The molecule has 0 atom stereocenters. The van der Waals surface area contributed by atoms with E-state index in [0.29, 0.717) is 26.4 Å². The molecule has 0 unspecified atom stereocenters. The monoisotopic (exact) mass is 944 g/mol. The van der Waals surface area contributed by atoms with Gasteiger partial charge in [-0.25, -0.2) is 0 Å². The Morgan fingerprint density at radius 3 is 0.708 bits per heavy atom. The topological polar surface area (TPSA) is 36.9 Å². The van der Waals surface area contributed by atoms with Crippen LogP contribution in [0, 0.1) is 23.7 Å². The van der Waals surface area contributed by atoms with Gasteiger partial charge < -0.3 is 18.9 Å². The molecular weight excluding hydrogens is 881 g/mol. The maximum atomic E-state index is 6.57. The van der Waals surface area contributed by atoms with E-state index >= 15 is 0 Å². The van der Waals surface area contributed by atoms with Crippen molar-refractivity contribution in [2.75, 3.05) is 26.4 Å². The summed E-state index contributed by atoms with van der Waals surface area (Å²) in [5.74, 6) is 17.4. The Kier molecular flexibility index (Phi) is 16.5. The number of rotatable bonds is 16. The highest BCUT2D eigenvalue weighted by atomic mass is 16.5. The first-order valence-electron chi connectivity index (χ1n) is 26.0. The average molecular weight is 945 g/mol. The number of hydrogen-bond donors (Lipinski definition) is 0. The van der Waals surface area contributed by atoms with Gasteiger partial charge in [-0.3, -0.25) is 0 Å². The molecular formula is C68H64O4. The molecule has 0 aromatic heterocycles. The summed E-state index contributed by atoms with van der Waals surface area (Å²) in [6.45, 7) is 11.3. The summed E-state index contributed by atoms with van der Waals surface area (Å²) >= 11 is 0. The van der Waals surface area contributed by atoms with Crippen LogP contribution in [0.3, 0.4) is 0 Å². The standard InChI is InChI=1S/C68H64O4/c1-5-9-37-69-65-33-29-57-45-61(65)62-46-58(30-34-66(62)70-38-10-6-2)54-22-14-18-50(42-54)27-28-52-20-16-24-56(44-52)60-32-36-68(72-40-12-8-4)64(48-60)63-47-59(31-35-67(63)71-39-11-7-3)55-23-15-19-51(43-55)26-25-49-17-13-21-53(57)41-49/h13-24,29-36,41-48H,5-12,37-40H2,1-4H3. The van der Waals surface area contributed by atoms with Crippen molar-refractivity contribution in [3.8, 4) is 113 Å². The minimum atomic E-state index is 0.631. The molecule has 1 aliphatic carbocycles. The first-order valence-corrected chi connectivity index (χ1v) is 26.0. The molecule has 0 heterocycles. The molecule has 0 amide bonds. The highest BCUT2D eigenvalue weighted by molar-refractivity contribution is 5.86. The molecule has 0 saturated carbocycles. The van der Waals surface area contributed by atoms with Gasteiger partial charge in [0.1, 0.15) is 23.0 Å². The van der Waals surface area contributed by atoms with E-state index in [1.54, 1.807) is 0 Å². The number of hydrogen-bond acceptors (Lipinski definition) is 4. The van der Waals surface area contributed by atoms with E-state index in [9.17, 15) is 0 Å². The fraction of sp³-hybridized carbons (Fsp3) is 0.235. The molecule has 8 aromatic rings. The Morgan fingerprint density at radius 2 is 0.486 bits per heavy atom. The summed E-state index contributed by atoms with van der Waals surface area (Å²) in [4.78, 5) is 0. The van der Waals surface area contributed by atoms with Crippen LogP contribution >= 0.6 is 0 Å². The van der Waals surface area contributed by atoms with Crippen molar-refractivity contribution in [3.63, 3.8) is 0 Å². The van der Waals surface area contributed by atoms with Gasteiger partial charge in [0.25, 0.3) is 0 Å². The van der Waals surface area contributed by atoms with E-state index in [4.69, 9.17) is 18.9 Å². The Hall–Kier alpha value is -7.92. The molecule has 0 saturated heterocycles. The van der Waals surface area contributed by atoms with Crippen molar-refractivity contribution >= 4 is 0 Å². The van der Waals surface area contributed by atoms with Crippen LogP contribution in [0.1, 0.15) is 101 Å². The highest BCUT2D eigenvalue weighted by Crippen LogP contribution is 2.44. The summed E-state index contributed by atoms with van der Waals surface area (Å²) in [5.41, 5.74) is 16.3. The Balaban J connectivity index is 1.22. The molecule has 0 N–H and O–H groups in total. The minimum Gasteiger partial charge on any atom is -0.493 e. The molecule has 9 rings (SSSR count). The molecule has 0 radical (unpaired) electrons. The average Bonchev–Trinajstić information content (AvgIpc) is 3.42. The van der Waals surface area contributed by atoms with E-state index in [0.717, 1.165) is 163 Å². The summed E-state index contributed by atoms with van der Waals surface area (Å²) in [6, 6.07) is 60.1. The van der Waals surface area contributed by atoms with Gasteiger partial charge in [0.05, 0.1) is 26.4 Å². The molecule has 360 valence electrons. The Bertz CT molecular complexity index is 2850. The molecule has 4 nitrogen and oxygen atoms in total. The van der Waals surface area contributed by atoms with Gasteiger partial charge >= 0.3 is 0 Å². The quantitative estimate of drug-likeness (QED) is 0.0714. The molecule has 8 aromatic carbocycles. The Morgan fingerprint density at radius 1 is 0.264 bits per heavy atom. The normalized spacial score (nSPS) is 11.2. The van der Waals surface area contributed by atoms with E-state index in [2.05, 4.69) is 221 Å². The molecule has 4 heteroatoms. The molecule has 16 bridgehead atoms. The van der Waals surface area contributed by atoms with Crippen LogP contribution in [0.15, 0.2) is 170 Å². The smallest absolute Gasteiger partial charge is 0.127 e. The lowest BCUT2D eigenvalue weighted by Gasteiger charge is -2.18. The second kappa shape index (κ2) is 24.3. The number of unbranched alkanes of at least 4 members (excludes halogenated alkanes) is 4. The van der Waals surface area contributed by atoms with Gasteiger partial charge in [0.15, 0.2) is 0 Å². The van der Waals surface area contributed by atoms with E-state index in [1.807, 2.05) is 0 Å². The molecule has 72 heavy (non-hydrogen) atoms. The molecule has 0 spiro atoms. The van der Waals surface area contributed by atoms with E-state index < -0.39 is 0 Å². The second-order valence-electron chi connectivity index (χ2n) is 18.5. The van der Waals surface area contributed by atoms with Gasteiger partial charge in [0, 0.05) is 44.5 Å². The maximum Gasteiger partial charge on any atom is 0.127 e. The van der Waals surface area contributed by atoms with Gasteiger partial charge in [-0.2, -0.15) is 0 Å². The van der Waals surface area contributed by atoms with Crippen molar-refractivity contribution in [1.82, 2.24) is 0 Å². The van der Waals surface area contributed by atoms with Crippen LogP contribution in [-0.4, -0.2) is 26.4 Å². The van der Waals surface area contributed by atoms with Crippen LogP contribution < -0.4 is 18.9 Å². The summed E-state index contributed by atoms with van der Waals surface area (Å²) in [5, 5.41) is 0. The van der Waals surface area contributed by atoms with Gasteiger partial charge in [-0.05, 0) is 167 Å².